The lowest BCUT2D eigenvalue weighted by Crippen LogP contribution is -2.16. The van der Waals surface area contributed by atoms with E-state index in [1.165, 1.54) is 55.3 Å². The van der Waals surface area contributed by atoms with Crippen LogP contribution in [0.15, 0.2) is 182 Å². The lowest BCUT2D eigenvalue weighted by atomic mass is 9.69. The fourth-order valence-electron chi connectivity index (χ4n) is 8.25. The molecule has 0 spiro atoms. The van der Waals surface area contributed by atoms with Crippen LogP contribution in [0.1, 0.15) is 23.0 Å². The summed E-state index contributed by atoms with van der Waals surface area (Å²) in [5, 5.41) is 7.50. The third-order valence-electron chi connectivity index (χ3n) is 10.4. The van der Waals surface area contributed by atoms with Crippen molar-refractivity contribution in [2.75, 3.05) is 0 Å². The van der Waals surface area contributed by atoms with Crippen LogP contribution in [0, 0.1) is 0 Å². The summed E-state index contributed by atoms with van der Waals surface area (Å²) in [5.74, 6) is 0.740. The molecule has 0 saturated heterocycles. The number of hydrogen-bond donors (Lipinski definition) is 0. The van der Waals surface area contributed by atoms with E-state index in [9.17, 15) is 0 Å². The van der Waals surface area contributed by atoms with Crippen LogP contribution in [0.4, 0.5) is 0 Å². The number of allylic oxidation sites excluding steroid dienone is 4. The minimum absolute atomic E-state index is 0.358. The molecule has 0 aliphatic heterocycles. The number of benzene rings is 6. The van der Waals surface area contributed by atoms with Crippen molar-refractivity contribution in [3.8, 4) is 55.8 Å². The molecule has 0 N–H and O–H groups in total. The Balaban J connectivity index is 1.20. The van der Waals surface area contributed by atoms with Crippen LogP contribution in [0.2, 0.25) is 0 Å². The lowest BCUT2D eigenvalue weighted by molar-refractivity contribution is 0.720. The molecule has 2 nitrogen and oxygen atoms in total. The zero-order valence-corrected chi connectivity index (χ0v) is 26.9. The average Bonchev–Trinajstić information content (AvgIpc) is 3.63. The maximum atomic E-state index is 5.10. The summed E-state index contributed by atoms with van der Waals surface area (Å²) >= 11 is 0. The molecule has 10 rings (SSSR count). The predicted octanol–water partition coefficient (Wildman–Crippen LogP) is 12.1. The maximum absolute atomic E-state index is 5.10. The molecule has 2 aliphatic rings. The van der Waals surface area contributed by atoms with E-state index >= 15 is 0 Å². The third kappa shape index (κ3) is 4.38. The number of aromatic nitrogens is 2. The minimum Gasteiger partial charge on any atom is -0.231 e. The van der Waals surface area contributed by atoms with E-state index in [0.29, 0.717) is 11.8 Å². The first kappa shape index (κ1) is 27.8. The van der Waals surface area contributed by atoms with Crippen LogP contribution in [-0.4, -0.2) is 9.61 Å². The summed E-state index contributed by atoms with van der Waals surface area (Å²) in [7, 11) is 0. The lowest BCUT2D eigenvalue weighted by Gasteiger charge is -2.34. The molecule has 0 amide bonds. The van der Waals surface area contributed by atoms with Crippen molar-refractivity contribution in [1.82, 2.24) is 9.61 Å². The van der Waals surface area contributed by atoms with Gasteiger partial charge in [-0.1, -0.05) is 164 Å². The summed E-state index contributed by atoms with van der Waals surface area (Å²) in [6.07, 6.45) is 11.1. The number of fused-ring (bicyclic) bond motifs is 9. The van der Waals surface area contributed by atoms with Gasteiger partial charge in [0.2, 0.25) is 0 Å². The van der Waals surface area contributed by atoms with Crippen molar-refractivity contribution >= 4 is 16.3 Å². The average molecular weight is 625 g/mol. The van der Waals surface area contributed by atoms with Gasteiger partial charge in [-0.15, -0.1) is 0 Å². The van der Waals surface area contributed by atoms with E-state index in [0.717, 1.165) is 27.9 Å². The van der Waals surface area contributed by atoms with Crippen LogP contribution in [0.3, 0.4) is 0 Å². The Bertz CT molecular complexity index is 2610. The Kier molecular flexibility index (Phi) is 6.35. The van der Waals surface area contributed by atoms with Gasteiger partial charge in [0.1, 0.15) is 0 Å². The second kappa shape index (κ2) is 11.2. The molecule has 0 saturated carbocycles. The SMILES string of the molecule is C1=CC2c3ccccc3-c3cc(-c4cccc(-c5c(-c6ccccc6)n6ncc(-c7ccccc7)c6c6ccccc56)c4)ccc3C2C=C1. The standard InChI is InChI=1S/C47H32N2/c1-3-14-31(15-4-1)44-30-48-49-46(32-16-5-2-6-17-32)45(41-24-11-12-25-42(41)47(44)49)35-19-13-18-33(28-35)34-26-27-40-38-22-8-7-20-36(38)37-21-9-10-23-39(37)43(40)29-34/h1-30,36,38H. The van der Waals surface area contributed by atoms with E-state index in [4.69, 9.17) is 5.10 Å². The van der Waals surface area contributed by atoms with Crippen LogP contribution in [0.5, 0.6) is 0 Å². The Morgan fingerprint density at radius 3 is 1.84 bits per heavy atom. The molecule has 6 aromatic carbocycles. The number of pyridine rings is 1. The Labute approximate surface area is 286 Å². The van der Waals surface area contributed by atoms with Gasteiger partial charge in [0.15, 0.2) is 0 Å². The van der Waals surface area contributed by atoms with Gasteiger partial charge < -0.3 is 0 Å². The molecule has 2 unspecified atom stereocenters. The molecule has 0 bridgehead atoms. The zero-order chi connectivity index (χ0) is 32.3. The van der Waals surface area contributed by atoms with Crippen molar-refractivity contribution < 1.29 is 0 Å². The Morgan fingerprint density at radius 1 is 0.429 bits per heavy atom. The van der Waals surface area contributed by atoms with E-state index in [2.05, 4.69) is 180 Å². The van der Waals surface area contributed by atoms with Crippen LogP contribution >= 0.6 is 0 Å². The first-order valence-corrected chi connectivity index (χ1v) is 17.1. The number of rotatable bonds is 4. The molecular formula is C47H32N2. The fraction of sp³-hybridized carbons (Fsp3) is 0.0426. The summed E-state index contributed by atoms with van der Waals surface area (Å²) in [5.41, 5.74) is 15.9. The molecule has 2 heteroatoms. The summed E-state index contributed by atoms with van der Waals surface area (Å²) in [6.45, 7) is 0. The van der Waals surface area contributed by atoms with E-state index in [1.54, 1.807) is 0 Å². The van der Waals surface area contributed by atoms with Crippen molar-refractivity contribution in [3.05, 3.63) is 193 Å². The van der Waals surface area contributed by atoms with E-state index in [1.807, 2.05) is 6.20 Å². The van der Waals surface area contributed by atoms with Gasteiger partial charge >= 0.3 is 0 Å². The molecule has 2 heterocycles. The van der Waals surface area contributed by atoms with Crippen LogP contribution < -0.4 is 0 Å². The molecular weight excluding hydrogens is 593 g/mol. The Hall–Kier alpha value is -6.25. The first-order valence-electron chi connectivity index (χ1n) is 17.1. The number of hydrogen-bond acceptors (Lipinski definition) is 1. The largest absolute Gasteiger partial charge is 0.231 e. The topological polar surface area (TPSA) is 17.3 Å². The summed E-state index contributed by atoms with van der Waals surface area (Å²) in [4.78, 5) is 0. The molecule has 8 aromatic rings. The highest BCUT2D eigenvalue weighted by Gasteiger charge is 2.31. The highest BCUT2D eigenvalue weighted by atomic mass is 15.2. The van der Waals surface area contributed by atoms with Crippen molar-refractivity contribution in [2.45, 2.75) is 11.8 Å². The first-order chi connectivity index (χ1) is 24.3. The van der Waals surface area contributed by atoms with Gasteiger partial charge in [-0.05, 0) is 62.0 Å². The molecule has 0 radical (unpaired) electrons. The number of nitrogens with zero attached hydrogens (tertiary/aromatic N) is 2. The quantitative estimate of drug-likeness (QED) is 0.190. The highest BCUT2D eigenvalue weighted by molar-refractivity contribution is 6.13. The predicted molar refractivity (Wildman–Crippen MR) is 204 cm³/mol. The van der Waals surface area contributed by atoms with Crippen LogP contribution in [-0.2, 0) is 0 Å². The molecule has 2 aromatic heterocycles. The fourth-order valence-corrected chi connectivity index (χ4v) is 8.25. The van der Waals surface area contributed by atoms with Gasteiger partial charge in [0, 0.05) is 33.9 Å². The molecule has 0 fully saturated rings. The molecule has 2 atom stereocenters. The van der Waals surface area contributed by atoms with Gasteiger partial charge in [-0.3, -0.25) is 0 Å². The summed E-state index contributed by atoms with van der Waals surface area (Å²) in [6, 6.07) is 55.2. The van der Waals surface area contributed by atoms with Crippen molar-refractivity contribution in [3.63, 3.8) is 0 Å². The van der Waals surface area contributed by atoms with Crippen molar-refractivity contribution in [2.24, 2.45) is 0 Å². The second-order valence-corrected chi connectivity index (χ2v) is 13.1. The third-order valence-corrected chi connectivity index (χ3v) is 10.4. The molecule has 49 heavy (non-hydrogen) atoms. The smallest absolute Gasteiger partial charge is 0.0826 e. The normalized spacial score (nSPS) is 16.0. The monoisotopic (exact) mass is 624 g/mol. The minimum atomic E-state index is 0.358. The van der Waals surface area contributed by atoms with E-state index in [-0.39, 0.29) is 0 Å². The van der Waals surface area contributed by atoms with Gasteiger partial charge in [0.25, 0.3) is 0 Å². The molecule has 2 aliphatic carbocycles. The van der Waals surface area contributed by atoms with Gasteiger partial charge in [0.05, 0.1) is 17.4 Å². The zero-order valence-electron chi connectivity index (χ0n) is 26.9. The van der Waals surface area contributed by atoms with Gasteiger partial charge in [-0.2, -0.15) is 5.10 Å². The van der Waals surface area contributed by atoms with Crippen molar-refractivity contribution in [1.29, 1.82) is 0 Å². The Morgan fingerprint density at radius 2 is 1.04 bits per heavy atom. The van der Waals surface area contributed by atoms with Crippen LogP contribution in [0.25, 0.3) is 72.1 Å². The van der Waals surface area contributed by atoms with Gasteiger partial charge in [-0.25, -0.2) is 4.52 Å². The highest BCUT2D eigenvalue weighted by Crippen LogP contribution is 2.50. The molecule has 230 valence electrons. The maximum Gasteiger partial charge on any atom is 0.0826 e. The summed E-state index contributed by atoms with van der Waals surface area (Å²) < 4.78 is 2.17. The van der Waals surface area contributed by atoms with E-state index < -0.39 is 0 Å². The second-order valence-electron chi connectivity index (χ2n) is 13.1.